The topological polar surface area (TPSA) is 140 Å². The van der Waals surface area contributed by atoms with E-state index < -0.39 is 25.7 Å². The molecule has 2 aliphatic rings. The minimum atomic E-state index is -1.44. The van der Waals surface area contributed by atoms with Gasteiger partial charge in [-0.1, -0.05) is 32.5 Å². The van der Waals surface area contributed by atoms with E-state index in [1.54, 1.807) is 6.92 Å². The molecule has 0 aliphatic carbocycles. The molecule has 0 unspecified atom stereocenters. The number of hydrogen-bond donors (Lipinski definition) is 1. The predicted octanol–water partition coefficient (Wildman–Crippen LogP) is 4.29. The van der Waals surface area contributed by atoms with Gasteiger partial charge in [-0.05, 0) is 56.5 Å². The first-order valence-electron chi connectivity index (χ1n) is 13.5. The number of β-lactam (4-membered cyclic amide) rings is 1. The van der Waals surface area contributed by atoms with Crippen LogP contribution in [0, 0.1) is 21.4 Å². The fourth-order valence-electron chi connectivity index (χ4n) is 5.08. The zero-order valence-corrected chi connectivity index (χ0v) is 26.2. The standard InChI is InChI=1S/C27H40N4O7SSi/c1-17(28-25(34)37-16-18-8-10-19(11-9-18)31(35)36)30-13-12-20(15-30)39-22(32)14-21-23(24(33)29-21)27(5,26(2,3)4)38-40(6)7/h8-11,20-21,23,40H,12-16H2,1-7H3,(H,29,33)/b28-17+/t20-,21+,23+,27+/m0/s1. The summed E-state index contributed by atoms with van der Waals surface area (Å²) in [7, 11) is -1.44. The molecule has 2 heterocycles. The van der Waals surface area contributed by atoms with E-state index in [1.807, 2.05) is 11.8 Å². The van der Waals surface area contributed by atoms with Gasteiger partial charge in [0.25, 0.3) is 5.69 Å². The Kier molecular flexibility index (Phi) is 10.2. The van der Waals surface area contributed by atoms with Crippen molar-refractivity contribution in [1.29, 1.82) is 0 Å². The van der Waals surface area contributed by atoms with Gasteiger partial charge in [0, 0.05) is 36.9 Å². The van der Waals surface area contributed by atoms with Crippen LogP contribution in [0.25, 0.3) is 0 Å². The Labute approximate surface area is 241 Å². The summed E-state index contributed by atoms with van der Waals surface area (Å²) in [5.41, 5.74) is -0.344. The third kappa shape index (κ3) is 7.70. The first-order valence-corrected chi connectivity index (χ1v) is 17.1. The maximum atomic E-state index is 13.0. The molecule has 0 aromatic heterocycles. The average molecular weight is 593 g/mol. The van der Waals surface area contributed by atoms with Gasteiger partial charge in [0.15, 0.2) is 14.2 Å². The van der Waals surface area contributed by atoms with Crippen molar-refractivity contribution in [3.63, 3.8) is 0 Å². The van der Waals surface area contributed by atoms with Crippen LogP contribution >= 0.6 is 11.8 Å². The number of nitrogens with zero attached hydrogens (tertiary/aromatic N) is 3. The molecule has 1 N–H and O–H groups in total. The van der Waals surface area contributed by atoms with Gasteiger partial charge in [-0.2, -0.15) is 4.99 Å². The smallest absolute Gasteiger partial charge is 0.435 e. The fourth-order valence-corrected chi connectivity index (χ4v) is 7.68. The number of likely N-dealkylation sites (tertiary alicyclic amines) is 1. The second-order valence-corrected chi connectivity index (χ2v) is 15.5. The van der Waals surface area contributed by atoms with Crippen LogP contribution in [-0.4, -0.2) is 71.8 Å². The zero-order valence-electron chi connectivity index (χ0n) is 24.3. The zero-order chi connectivity index (χ0) is 29.8. The molecular weight excluding hydrogens is 552 g/mol. The predicted molar refractivity (Wildman–Crippen MR) is 157 cm³/mol. The molecule has 2 aliphatic heterocycles. The summed E-state index contributed by atoms with van der Waals surface area (Å²) in [6.45, 7) is 15.3. The second-order valence-electron chi connectivity index (χ2n) is 11.8. The molecule has 13 heteroatoms. The molecule has 40 heavy (non-hydrogen) atoms. The largest absolute Gasteiger partial charge is 0.443 e. The lowest BCUT2D eigenvalue weighted by molar-refractivity contribution is -0.384. The van der Waals surface area contributed by atoms with Gasteiger partial charge in [0.2, 0.25) is 5.91 Å². The first kappa shape index (κ1) is 31.8. The Balaban J connectivity index is 1.49. The van der Waals surface area contributed by atoms with Crippen molar-refractivity contribution in [3.8, 4) is 0 Å². The van der Waals surface area contributed by atoms with E-state index in [0.717, 1.165) is 6.42 Å². The lowest BCUT2D eigenvalue weighted by atomic mass is 9.64. The molecule has 0 radical (unpaired) electrons. The molecule has 2 saturated heterocycles. The van der Waals surface area contributed by atoms with Crippen molar-refractivity contribution in [2.24, 2.45) is 16.3 Å². The first-order chi connectivity index (χ1) is 18.6. The number of carbonyl (C=O) groups excluding carboxylic acids is 3. The number of aliphatic imine (C=N–C) groups is 1. The van der Waals surface area contributed by atoms with Crippen molar-refractivity contribution in [2.45, 2.75) is 84.1 Å². The quantitative estimate of drug-likeness (QED) is 0.111. The van der Waals surface area contributed by atoms with E-state index in [2.05, 4.69) is 44.2 Å². The number of rotatable bonds is 9. The lowest BCUT2D eigenvalue weighted by Gasteiger charge is -2.54. The van der Waals surface area contributed by atoms with E-state index in [4.69, 9.17) is 9.16 Å². The number of carbonyl (C=O) groups is 3. The van der Waals surface area contributed by atoms with Crippen LogP contribution < -0.4 is 5.32 Å². The number of benzene rings is 1. The molecule has 11 nitrogen and oxygen atoms in total. The maximum Gasteiger partial charge on any atom is 0.435 e. The van der Waals surface area contributed by atoms with Crippen LogP contribution in [0.1, 0.15) is 53.0 Å². The van der Waals surface area contributed by atoms with E-state index in [1.165, 1.54) is 36.0 Å². The minimum absolute atomic E-state index is 0.0250. The van der Waals surface area contributed by atoms with Crippen LogP contribution in [-0.2, 0) is 25.4 Å². The number of nitro groups is 1. The van der Waals surface area contributed by atoms with Crippen molar-refractivity contribution in [2.75, 3.05) is 13.1 Å². The van der Waals surface area contributed by atoms with Gasteiger partial charge in [-0.15, -0.1) is 0 Å². The van der Waals surface area contributed by atoms with Crippen molar-refractivity contribution in [1.82, 2.24) is 10.2 Å². The Bertz CT molecular complexity index is 1150. The van der Waals surface area contributed by atoms with Crippen LogP contribution in [0.4, 0.5) is 10.5 Å². The van der Waals surface area contributed by atoms with E-state index in [9.17, 15) is 24.5 Å². The molecule has 0 spiro atoms. The normalized spacial score (nSPS) is 22.9. The van der Waals surface area contributed by atoms with Crippen molar-refractivity contribution in [3.05, 3.63) is 39.9 Å². The monoisotopic (exact) mass is 592 g/mol. The molecule has 4 atom stereocenters. The minimum Gasteiger partial charge on any atom is -0.443 e. The summed E-state index contributed by atoms with van der Waals surface area (Å²) in [5, 5.41) is 13.8. The molecule has 3 rings (SSSR count). The highest BCUT2D eigenvalue weighted by Crippen LogP contribution is 2.45. The molecule has 2 fully saturated rings. The third-order valence-electron chi connectivity index (χ3n) is 7.63. The highest BCUT2D eigenvalue weighted by atomic mass is 32.2. The lowest BCUT2D eigenvalue weighted by Crippen LogP contribution is -2.70. The second kappa shape index (κ2) is 12.8. The summed E-state index contributed by atoms with van der Waals surface area (Å²) < 4.78 is 11.6. The van der Waals surface area contributed by atoms with Gasteiger partial charge in [0.1, 0.15) is 12.4 Å². The molecule has 1 aromatic carbocycles. The SMILES string of the molecule is C/C(=N\C(=O)OCc1ccc([N+](=O)[O-])cc1)N1CC[C@H](SC(=O)C[C@H]2NC(=O)[C@@H]2[C@@](C)(O[SiH](C)C)C(C)(C)C)C1. The third-order valence-corrected chi connectivity index (χ3v) is 9.73. The van der Waals surface area contributed by atoms with Gasteiger partial charge in [-0.25, -0.2) is 4.79 Å². The number of nitro benzene ring substituents is 1. The number of thioether (sulfide) groups is 1. The maximum absolute atomic E-state index is 13.0. The number of nitrogens with one attached hydrogen (secondary N) is 1. The van der Waals surface area contributed by atoms with Crippen LogP contribution in [0.15, 0.2) is 29.3 Å². The summed E-state index contributed by atoms with van der Waals surface area (Å²) in [5.74, 6) is 0.0687. The van der Waals surface area contributed by atoms with Gasteiger partial charge in [-0.3, -0.25) is 19.7 Å². The number of hydrogen-bond acceptors (Lipinski definition) is 8. The molecule has 220 valence electrons. The van der Waals surface area contributed by atoms with E-state index in [-0.39, 0.29) is 52.4 Å². The summed E-state index contributed by atoms with van der Waals surface area (Å²) >= 11 is 1.29. The van der Waals surface area contributed by atoms with Gasteiger partial charge in [0.05, 0.1) is 22.5 Å². The Morgan fingerprint density at radius 2 is 1.88 bits per heavy atom. The molecule has 2 amide bonds. The van der Waals surface area contributed by atoms with E-state index >= 15 is 0 Å². The Morgan fingerprint density at radius 1 is 1.23 bits per heavy atom. The molecular formula is C27H40N4O7SSi. The Hall–Kier alpha value is -2.77. The summed E-state index contributed by atoms with van der Waals surface area (Å²) in [4.78, 5) is 54.1. The van der Waals surface area contributed by atoms with Gasteiger partial charge < -0.3 is 19.4 Å². The van der Waals surface area contributed by atoms with Gasteiger partial charge >= 0.3 is 6.09 Å². The number of amidine groups is 1. The summed E-state index contributed by atoms with van der Waals surface area (Å²) in [6.07, 6.45) is 0.265. The molecule has 1 aromatic rings. The van der Waals surface area contributed by atoms with Crippen LogP contribution in [0.3, 0.4) is 0 Å². The Morgan fingerprint density at radius 3 is 2.42 bits per heavy atom. The van der Waals surface area contributed by atoms with Crippen LogP contribution in [0.5, 0.6) is 0 Å². The highest BCUT2D eigenvalue weighted by Gasteiger charge is 2.57. The average Bonchev–Trinajstić information content (AvgIpc) is 3.29. The van der Waals surface area contributed by atoms with Crippen molar-refractivity contribution >= 4 is 49.4 Å². The van der Waals surface area contributed by atoms with E-state index in [0.29, 0.717) is 24.5 Å². The van der Waals surface area contributed by atoms with Crippen LogP contribution in [0.2, 0.25) is 13.1 Å². The number of amides is 2. The highest BCUT2D eigenvalue weighted by molar-refractivity contribution is 8.14. The fraction of sp³-hybridized carbons (Fsp3) is 0.630. The molecule has 0 bridgehead atoms. The number of ether oxygens (including phenoxy) is 1. The summed E-state index contributed by atoms with van der Waals surface area (Å²) in [6, 6.07) is 5.51. The molecule has 0 saturated carbocycles. The number of non-ortho nitro benzene ring substituents is 1. The van der Waals surface area contributed by atoms with Crippen molar-refractivity contribution < 1.29 is 28.5 Å².